The molecule has 0 aromatic carbocycles. The number of methoxy groups -OCH3 is 1. The minimum Gasteiger partial charge on any atom is -0.505 e. The Morgan fingerprint density at radius 2 is 2.36 bits per heavy atom. The summed E-state index contributed by atoms with van der Waals surface area (Å²) < 4.78 is 4.40. The van der Waals surface area contributed by atoms with Crippen molar-refractivity contribution in [2.75, 3.05) is 7.11 Å². The van der Waals surface area contributed by atoms with E-state index in [1.807, 2.05) is 0 Å². The monoisotopic (exact) mass is 155 g/mol. The molecular formula is C7H9NO3. The number of carbonyl (C=O) groups excluding carboxylic acids is 1. The molecule has 0 amide bonds. The summed E-state index contributed by atoms with van der Waals surface area (Å²) in [6.45, 7) is 1.74. The van der Waals surface area contributed by atoms with E-state index in [2.05, 4.69) is 9.72 Å². The van der Waals surface area contributed by atoms with Crippen molar-refractivity contribution in [2.24, 2.45) is 0 Å². The highest BCUT2D eigenvalue weighted by molar-refractivity contribution is 5.90. The summed E-state index contributed by atoms with van der Waals surface area (Å²) in [5.41, 5.74) is 0.827. The molecule has 0 radical (unpaired) electrons. The highest BCUT2D eigenvalue weighted by Gasteiger charge is 2.13. The second kappa shape index (κ2) is 2.65. The van der Waals surface area contributed by atoms with Gasteiger partial charge in [-0.05, 0) is 6.92 Å². The lowest BCUT2D eigenvalue weighted by Crippen LogP contribution is -2.01. The van der Waals surface area contributed by atoms with Crippen LogP contribution in [-0.4, -0.2) is 23.2 Å². The maximum Gasteiger partial charge on any atom is 0.358 e. The maximum atomic E-state index is 10.8. The molecule has 4 heteroatoms. The van der Waals surface area contributed by atoms with E-state index < -0.39 is 5.97 Å². The summed E-state index contributed by atoms with van der Waals surface area (Å²) in [7, 11) is 1.26. The number of carbonyl (C=O) groups is 1. The van der Waals surface area contributed by atoms with Gasteiger partial charge in [-0.25, -0.2) is 4.79 Å². The number of aromatic nitrogens is 1. The van der Waals surface area contributed by atoms with Crippen molar-refractivity contribution >= 4 is 5.97 Å². The molecule has 1 rings (SSSR count). The van der Waals surface area contributed by atoms with Crippen molar-refractivity contribution in [1.29, 1.82) is 0 Å². The van der Waals surface area contributed by atoms with Gasteiger partial charge in [0.05, 0.1) is 7.11 Å². The van der Waals surface area contributed by atoms with Crippen molar-refractivity contribution in [1.82, 2.24) is 4.98 Å². The van der Waals surface area contributed by atoms with Crippen molar-refractivity contribution in [2.45, 2.75) is 6.92 Å². The number of hydrogen-bond donors (Lipinski definition) is 2. The van der Waals surface area contributed by atoms with Gasteiger partial charge in [0.2, 0.25) is 0 Å². The van der Waals surface area contributed by atoms with Gasteiger partial charge in [0, 0.05) is 11.8 Å². The lowest BCUT2D eigenvalue weighted by molar-refractivity contribution is 0.0591. The number of nitrogens with one attached hydrogen (secondary N) is 1. The fourth-order valence-corrected chi connectivity index (χ4v) is 0.832. The third-order valence-corrected chi connectivity index (χ3v) is 1.32. The fourth-order valence-electron chi connectivity index (χ4n) is 0.832. The quantitative estimate of drug-likeness (QED) is 0.590. The van der Waals surface area contributed by atoms with Gasteiger partial charge in [0.15, 0.2) is 5.69 Å². The Morgan fingerprint density at radius 1 is 1.73 bits per heavy atom. The highest BCUT2D eigenvalue weighted by atomic mass is 16.5. The van der Waals surface area contributed by atoms with Crippen LogP contribution in [0.15, 0.2) is 6.07 Å². The molecule has 1 aromatic rings. The third kappa shape index (κ3) is 1.34. The summed E-state index contributed by atoms with van der Waals surface area (Å²) in [5.74, 6) is -0.634. The van der Waals surface area contributed by atoms with Gasteiger partial charge in [0.1, 0.15) is 5.75 Å². The Labute approximate surface area is 63.8 Å². The minimum absolute atomic E-state index is 0.0747. The normalized spacial score (nSPS) is 9.64. The predicted octanol–water partition coefficient (Wildman–Crippen LogP) is 0.815. The number of aromatic hydroxyl groups is 1. The molecule has 0 saturated heterocycles. The average molecular weight is 155 g/mol. The van der Waals surface area contributed by atoms with Crippen LogP contribution < -0.4 is 0 Å². The van der Waals surface area contributed by atoms with E-state index in [-0.39, 0.29) is 11.4 Å². The standard InChI is InChI=1S/C7H9NO3/c1-4-3-5(9)6(8-4)7(10)11-2/h3,8-9H,1-2H3. The van der Waals surface area contributed by atoms with Gasteiger partial charge in [-0.1, -0.05) is 0 Å². The smallest absolute Gasteiger partial charge is 0.358 e. The molecular weight excluding hydrogens is 146 g/mol. The van der Waals surface area contributed by atoms with E-state index >= 15 is 0 Å². The molecule has 0 spiro atoms. The molecule has 0 atom stereocenters. The number of esters is 1. The first kappa shape index (κ1) is 7.65. The van der Waals surface area contributed by atoms with Crippen LogP contribution in [0, 0.1) is 6.92 Å². The Balaban J connectivity index is 3.03. The number of rotatable bonds is 1. The molecule has 0 saturated carbocycles. The number of H-pyrrole nitrogens is 1. The largest absolute Gasteiger partial charge is 0.505 e. The van der Waals surface area contributed by atoms with E-state index in [0.29, 0.717) is 0 Å². The first-order chi connectivity index (χ1) is 5.15. The predicted molar refractivity (Wildman–Crippen MR) is 38.5 cm³/mol. The summed E-state index contributed by atoms with van der Waals surface area (Å²) in [6.07, 6.45) is 0. The molecule has 4 nitrogen and oxygen atoms in total. The SMILES string of the molecule is COC(=O)c1[nH]c(C)cc1O. The Bertz CT molecular complexity index is 277. The van der Waals surface area contributed by atoms with Crippen LogP contribution in [0.3, 0.4) is 0 Å². The molecule has 0 aliphatic carbocycles. The zero-order valence-electron chi connectivity index (χ0n) is 6.34. The second-order valence-corrected chi connectivity index (χ2v) is 2.20. The Morgan fingerprint density at radius 3 is 2.73 bits per heavy atom. The van der Waals surface area contributed by atoms with Crippen LogP contribution in [0.5, 0.6) is 5.75 Å². The molecule has 0 aliphatic heterocycles. The van der Waals surface area contributed by atoms with Gasteiger partial charge in [-0.3, -0.25) is 0 Å². The average Bonchev–Trinajstić information content (AvgIpc) is 2.28. The Kier molecular flexibility index (Phi) is 1.85. The van der Waals surface area contributed by atoms with Crippen LogP contribution in [-0.2, 0) is 4.74 Å². The molecule has 0 unspecified atom stereocenters. The first-order valence-electron chi connectivity index (χ1n) is 3.12. The number of aromatic amines is 1. The lowest BCUT2D eigenvalue weighted by atomic mass is 10.4. The van der Waals surface area contributed by atoms with E-state index in [1.54, 1.807) is 6.92 Å². The van der Waals surface area contributed by atoms with Crippen molar-refractivity contribution < 1.29 is 14.6 Å². The van der Waals surface area contributed by atoms with E-state index in [4.69, 9.17) is 5.11 Å². The molecule has 2 N–H and O–H groups in total. The number of aryl methyl sites for hydroxylation is 1. The van der Waals surface area contributed by atoms with Crippen molar-refractivity contribution in [3.05, 3.63) is 17.5 Å². The maximum absolute atomic E-state index is 10.8. The van der Waals surface area contributed by atoms with E-state index in [9.17, 15) is 4.79 Å². The highest BCUT2D eigenvalue weighted by Crippen LogP contribution is 2.17. The zero-order chi connectivity index (χ0) is 8.43. The zero-order valence-corrected chi connectivity index (χ0v) is 6.34. The van der Waals surface area contributed by atoms with Gasteiger partial charge >= 0.3 is 5.97 Å². The van der Waals surface area contributed by atoms with Crippen LogP contribution in [0.4, 0.5) is 0 Å². The van der Waals surface area contributed by atoms with Gasteiger partial charge in [-0.15, -0.1) is 0 Å². The van der Waals surface area contributed by atoms with Crippen molar-refractivity contribution in [3.8, 4) is 5.75 Å². The molecule has 1 heterocycles. The van der Waals surface area contributed by atoms with Crippen LogP contribution >= 0.6 is 0 Å². The third-order valence-electron chi connectivity index (χ3n) is 1.32. The molecule has 0 bridgehead atoms. The summed E-state index contributed by atoms with van der Waals surface area (Å²) >= 11 is 0. The van der Waals surface area contributed by atoms with Gasteiger partial charge in [-0.2, -0.15) is 0 Å². The van der Waals surface area contributed by atoms with Gasteiger partial charge in [0.25, 0.3) is 0 Å². The van der Waals surface area contributed by atoms with Gasteiger partial charge < -0.3 is 14.8 Å². The summed E-state index contributed by atoms with van der Waals surface area (Å²) in [6, 6.07) is 1.46. The van der Waals surface area contributed by atoms with Crippen LogP contribution in [0.25, 0.3) is 0 Å². The van der Waals surface area contributed by atoms with Crippen molar-refractivity contribution in [3.63, 3.8) is 0 Å². The summed E-state index contributed by atoms with van der Waals surface area (Å²) in [4.78, 5) is 13.5. The molecule has 1 aromatic heterocycles. The summed E-state index contributed by atoms with van der Waals surface area (Å²) in [5, 5.41) is 9.10. The second-order valence-electron chi connectivity index (χ2n) is 2.20. The van der Waals surface area contributed by atoms with E-state index in [0.717, 1.165) is 5.69 Å². The molecule has 0 fully saturated rings. The topological polar surface area (TPSA) is 62.3 Å². The van der Waals surface area contributed by atoms with Crippen LogP contribution in [0.1, 0.15) is 16.2 Å². The number of hydrogen-bond acceptors (Lipinski definition) is 3. The Hall–Kier alpha value is -1.45. The number of ether oxygens (including phenoxy) is 1. The molecule has 11 heavy (non-hydrogen) atoms. The lowest BCUT2D eigenvalue weighted by Gasteiger charge is -1.94. The fraction of sp³-hybridized carbons (Fsp3) is 0.286. The minimum atomic E-state index is -0.560. The molecule has 60 valence electrons. The molecule has 0 aliphatic rings. The first-order valence-corrected chi connectivity index (χ1v) is 3.12. The van der Waals surface area contributed by atoms with Crippen LogP contribution in [0.2, 0.25) is 0 Å². The van der Waals surface area contributed by atoms with E-state index in [1.165, 1.54) is 13.2 Å².